The van der Waals surface area contributed by atoms with Crippen LogP contribution in [0.4, 0.5) is 0 Å². The number of fused-ring (bicyclic) bond motifs is 1. The van der Waals surface area contributed by atoms with Gasteiger partial charge in [-0.25, -0.2) is 0 Å². The Morgan fingerprint density at radius 3 is 2.60 bits per heavy atom. The Morgan fingerprint density at radius 1 is 1.40 bits per heavy atom. The van der Waals surface area contributed by atoms with Crippen LogP contribution in [0.25, 0.3) is 0 Å². The fourth-order valence-electron chi connectivity index (χ4n) is 3.56. The lowest BCUT2D eigenvalue weighted by molar-refractivity contribution is 0.240. The van der Waals surface area contributed by atoms with E-state index in [1.165, 1.54) is 11.3 Å². The third-order valence-corrected chi connectivity index (χ3v) is 4.56. The molecule has 0 saturated carbocycles. The van der Waals surface area contributed by atoms with E-state index in [1.807, 2.05) is 0 Å². The molecule has 1 heterocycles. The third kappa shape index (κ3) is 3.09. The maximum absolute atomic E-state index is 6.39. The van der Waals surface area contributed by atoms with Crippen molar-refractivity contribution in [3.05, 3.63) is 23.5 Å². The zero-order valence-electron chi connectivity index (χ0n) is 14.0. The van der Waals surface area contributed by atoms with Crippen LogP contribution in [0, 0.1) is 11.3 Å². The van der Waals surface area contributed by atoms with Crippen molar-refractivity contribution in [2.75, 3.05) is 20.6 Å². The minimum absolute atomic E-state index is 0.196. The molecule has 0 fully saturated rings. The van der Waals surface area contributed by atoms with Gasteiger partial charge in [0.05, 0.1) is 0 Å². The van der Waals surface area contributed by atoms with Gasteiger partial charge in [0.1, 0.15) is 0 Å². The van der Waals surface area contributed by atoms with Gasteiger partial charge < -0.3 is 15.2 Å². The average molecular weight is 277 g/mol. The Balaban J connectivity index is 2.38. The van der Waals surface area contributed by atoms with E-state index in [1.54, 1.807) is 0 Å². The minimum Gasteiger partial charge on any atom is -0.347 e. The van der Waals surface area contributed by atoms with Crippen molar-refractivity contribution in [3.8, 4) is 0 Å². The normalized spacial score (nSPS) is 23.1. The summed E-state index contributed by atoms with van der Waals surface area (Å²) in [6.45, 7) is 10.4. The molecule has 3 nitrogen and oxygen atoms in total. The van der Waals surface area contributed by atoms with Crippen LogP contribution in [0.15, 0.2) is 12.3 Å². The van der Waals surface area contributed by atoms with E-state index in [0.29, 0.717) is 17.4 Å². The van der Waals surface area contributed by atoms with E-state index in [-0.39, 0.29) is 6.04 Å². The van der Waals surface area contributed by atoms with Crippen molar-refractivity contribution in [1.29, 1.82) is 0 Å². The maximum atomic E-state index is 6.39. The Morgan fingerprint density at radius 2 is 2.05 bits per heavy atom. The average Bonchev–Trinajstić information content (AvgIpc) is 2.67. The first-order valence-electron chi connectivity index (χ1n) is 7.81. The van der Waals surface area contributed by atoms with Gasteiger partial charge >= 0.3 is 0 Å². The molecule has 0 spiro atoms. The fourth-order valence-corrected chi connectivity index (χ4v) is 3.56. The largest absolute Gasteiger partial charge is 0.347 e. The summed E-state index contributed by atoms with van der Waals surface area (Å²) >= 11 is 0. The second kappa shape index (κ2) is 5.53. The highest BCUT2D eigenvalue weighted by molar-refractivity contribution is 5.30. The molecular formula is C17H31N3. The SMILES string of the molecule is CC(C)C(CN(C)C)n1ccc2c1CC(C)(C)CC2N. The topological polar surface area (TPSA) is 34.2 Å². The first-order chi connectivity index (χ1) is 9.21. The zero-order chi connectivity index (χ0) is 15.1. The van der Waals surface area contributed by atoms with Crippen LogP contribution in [0.2, 0.25) is 0 Å². The summed E-state index contributed by atoms with van der Waals surface area (Å²) in [4.78, 5) is 2.28. The van der Waals surface area contributed by atoms with E-state index in [4.69, 9.17) is 5.73 Å². The van der Waals surface area contributed by atoms with E-state index >= 15 is 0 Å². The van der Waals surface area contributed by atoms with E-state index in [9.17, 15) is 0 Å². The molecule has 0 bridgehead atoms. The minimum atomic E-state index is 0.196. The Bertz CT molecular complexity index is 457. The molecule has 1 aromatic heterocycles. The molecule has 0 aliphatic heterocycles. The van der Waals surface area contributed by atoms with Crippen LogP contribution in [0.5, 0.6) is 0 Å². The molecule has 2 atom stereocenters. The molecule has 0 aromatic carbocycles. The number of nitrogens with zero attached hydrogens (tertiary/aromatic N) is 2. The standard InChI is InChI=1S/C17H31N3/c1-12(2)16(11-19(5)6)20-8-7-13-14(18)9-17(3,4)10-15(13)20/h7-8,12,14,16H,9-11,18H2,1-6H3. The molecule has 2 unspecified atom stereocenters. The number of hydrogen-bond acceptors (Lipinski definition) is 2. The highest BCUT2D eigenvalue weighted by atomic mass is 15.1. The summed E-state index contributed by atoms with van der Waals surface area (Å²) in [5.74, 6) is 0.621. The van der Waals surface area contributed by atoms with Crippen LogP contribution < -0.4 is 5.73 Å². The predicted octanol–water partition coefficient (Wildman–Crippen LogP) is 3.22. The highest BCUT2D eigenvalue weighted by Crippen LogP contribution is 2.41. The van der Waals surface area contributed by atoms with Crippen LogP contribution in [0.1, 0.15) is 57.5 Å². The lowest BCUT2D eigenvalue weighted by atomic mass is 9.74. The number of likely N-dealkylation sites (N-methyl/N-ethyl adjacent to an activating group) is 1. The summed E-state index contributed by atoms with van der Waals surface area (Å²) in [6.07, 6.45) is 4.49. The smallest absolute Gasteiger partial charge is 0.0483 e. The molecule has 2 rings (SSSR count). The molecule has 1 aliphatic rings. The molecule has 1 aliphatic carbocycles. The Kier molecular flexibility index (Phi) is 4.31. The molecule has 114 valence electrons. The quantitative estimate of drug-likeness (QED) is 0.917. The van der Waals surface area contributed by atoms with Crippen LogP contribution >= 0.6 is 0 Å². The number of aromatic nitrogens is 1. The Labute approximate surface area is 124 Å². The first kappa shape index (κ1) is 15.6. The number of rotatable bonds is 4. The third-order valence-electron chi connectivity index (χ3n) is 4.56. The van der Waals surface area contributed by atoms with Gasteiger partial charge in [-0.2, -0.15) is 0 Å². The molecular weight excluding hydrogens is 246 g/mol. The van der Waals surface area contributed by atoms with E-state index < -0.39 is 0 Å². The van der Waals surface area contributed by atoms with Crippen LogP contribution in [-0.2, 0) is 6.42 Å². The van der Waals surface area contributed by atoms with E-state index in [0.717, 1.165) is 19.4 Å². The van der Waals surface area contributed by atoms with Crippen molar-refractivity contribution in [1.82, 2.24) is 9.47 Å². The van der Waals surface area contributed by atoms with E-state index in [2.05, 4.69) is 63.5 Å². The summed E-state index contributed by atoms with van der Waals surface area (Å²) in [6, 6.07) is 2.97. The van der Waals surface area contributed by atoms with Crippen molar-refractivity contribution >= 4 is 0 Å². The zero-order valence-corrected chi connectivity index (χ0v) is 14.0. The summed E-state index contributed by atoms with van der Waals surface area (Å²) in [5, 5.41) is 0. The molecule has 20 heavy (non-hydrogen) atoms. The van der Waals surface area contributed by atoms with Crippen LogP contribution in [0.3, 0.4) is 0 Å². The second-order valence-corrected chi connectivity index (χ2v) is 7.85. The molecule has 0 amide bonds. The fraction of sp³-hybridized carbons (Fsp3) is 0.765. The Hall–Kier alpha value is -0.800. The molecule has 0 saturated heterocycles. The van der Waals surface area contributed by atoms with Crippen molar-refractivity contribution in [3.63, 3.8) is 0 Å². The van der Waals surface area contributed by atoms with Gasteiger partial charge in [-0.15, -0.1) is 0 Å². The van der Waals surface area contributed by atoms with Gasteiger partial charge in [-0.05, 0) is 49.9 Å². The van der Waals surface area contributed by atoms with Gasteiger partial charge in [-0.1, -0.05) is 27.7 Å². The lowest BCUT2D eigenvalue weighted by Crippen LogP contribution is -2.34. The van der Waals surface area contributed by atoms with Gasteiger partial charge in [-0.3, -0.25) is 0 Å². The van der Waals surface area contributed by atoms with Gasteiger partial charge in [0.2, 0.25) is 0 Å². The molecule has 2 N–H and O–H groups in total. The maximum Gasteiger partial charge on any atom is 0.0483 e. The summed E-state index contributed by atoms with van der Waals surface area (Å²) < 4.78 is 2.50. The van der Waals surface area contributed by atoms with Gasteiger partial charge in [0, 0.05) is 30.5 Å². The first-order valence-corrected chi connectivity index (χ1v) is 7.81. The number of hydrogen-bond donors (Lipinski definition) is 1. The molecule has 0 radical (unpaired) electrons. The van der Waals surface area contributed by atoms with Gasteiger partial charge in [0.15, 0.2) is 0 Å². The predicted molar refractivity (Wildman–Crippen MR) is 85.9 cm³/mol. The van der Waals surface area contributed by atoms with Gasteiger partial charge in [0.25, 0.3) is 0 Å². The number of nitrogens with two attached hydrogens (primary N) is 1. The molecule has 1 aromatic rings. The second-order valence-electron chi connectivity index (χ2n) is 7.85. The summed E-state index contributed by atoms with van der Waals surface area (Å²) in [5.41, 5.74) is 9.53. The van der Waals surface area contributed by atoms with Crippen LogP contribution in [-0.4, -0.2) is 30.1 Å². The monoisotopic (exact) mass is 277 g/mol. The highest BCUT2D eigenvalue weighted by Gasteiger charge is 2.34. The van der Waals surface area contributed by atoms with Crippen molar-refractivity contribution in [2.45, 2.75) is 52.6 Å². The lowest BCUT2D eigenvalue weighted by Gasteiger charge is -2.37. The van der Waals surface area contributed by atoms with Crippen molar-refractivity contribution in [2.24, 2.45) is 17.1 Å². The summed E-state index contributed by atoms with van der Waals surface area (Å²) in [7, 11) is 4.31. The van der Waals surface area contributed by atoms with Crippen molar-refractivity contribution < 1.29 is 0 Å². The molecule has 3 heteroatoms.